The van der Waals surface area contributed by atoms with E-state index >= 15 is 0 Å². The van der Waals surface area contributed by atoms with Crippen LogP contribution in [0.5, 0.6) is 11.5 Å². The molecule has 4 rings (SSSR count). The summed E-state index contributed by atoms with van der Waals surface area (Å²) in [6.45, 7) is 0. The fourth-order valence-electron chi connectivity index (χ4n) is 3.10. The van der Waals surface area contributed by atoms with E-state index in [4.69, 9.17) is 9.47 Å². The molecule has 2 aromatic carbocycles. The highest BCUT2D eigenvalue weighted by atomic mass is 16.5. The van der Waals surface area contributed by atoms with E-state index < -0.39 is 0 Å². The van der Waals surface area contributed by atoms with E-state index in [1.54, 1.807) is 14.2 Å². The zero-order chi connectivity index (χ0) is 15.1. The monoisotopic (exact) mass is 294 g/mol. The molecule has 4 heteroatoms. The molecular formula is C18H18N2O2. The predicted molar refractivity (Wildman–Crippen MR) is 87.9 cm³/mol. The molecule has 2 heterocycles. The molecule has 4 nitrogen and oxygen atoms in total. The van der Waals surface area contributed by atoms with Crippen molar-refractivity contribution in [3.8, 4) is 11.5 Å². The van der Waals surface area contributed by atoms with Gasteiger partial charge in [-0.05, 0) is 48.0 Å². The molecule has 0 fully saturated rings. The maximum atomic E-state index is 5.30. The second-order valence-corrected chi connectivity index (χ2v) is 5.60. The molecule has 0 saturated carbocycles. The Labute approximate surface area is 129 Å². The first-order chi connectivity index (χ1) is 10.8. The maximum absolute atomic E-state index is 5.30. The topological polar surface area (TPSA) is 46.3 Å². The van der Waals surface area contributed by atoms with Gasteiger partial charge in [-0.15, -0.1) is 0 Å². The number of nitrogens with one attached hydrogen (secondary N) is 2. The lowest BCUT2D eigenvalue weighted by Crippen LogP contribution is -2.05. The standard InChI is InChI=1S/C18H18N2O2/c1-21-13-3-5-15-11(7-13)9-17(19-15)18-10-12-8-14(22-2)4-6-16(12)20-18/h3-9,18-20H,10H2,1-2H3/t18-/m1/s1. The SMILES string of the molecule is COc1ccc2c(c1)C[C@H](c1cc3cc(OC)ccc3[nH]1)N2. The van der Waals surface area contributed by atoms with Gasteiger partial charge in [-0.1, -0.05) is 0 Å². The Morgan fingerprint density at radius 1 is 0.955 bits per heavy atom. The summed E-state index contributed by atoms with van der Waals surface area (Å²) in [6, 6.07) is 14.7. The summed E-state index contributed by atoms with van der Waals surface area (Å²) in [5.74, 6) is 1.79. The lowest BCUT2D eigenvalue weighted by atomic mass is 10.1. The number of hydrogen-bond donors (Lipinski definition) is 2. The molecule has 0 aliphatic carbocycles. The van der Waals surface area contributed by atoms with Crippen LogP contribution in [0.1, 0.15) is 17.3 Å². The van der Waals surface area contributed by atoms with Gasteiger partial charge in [-0.25, -0.2) is 0 Å². The van der Waals surface area contributed by atoms with Gasteiger partial charge < -0.3 is 19.8 Å². The van der Waals surface area contributed by atoms with Crippen LogP contribution in [0, 0.1) is 0 Å². The number of rotatable bonds is 3. The van der Waals surface area contributed by atoms with Crippen molar-refractivity contribution in [2.45, 2.75) is 12.5 Å². The van der Waals surface area contributed by atoms with Crippen LogP contribution in [0.2, 0.25) is 0 Å². The average Bonchev–Trinajstić information content (AvgIpc) is 3.16. The second kappa shape index (κ2) is 4.98. The van der Waals surface area contributed by atoms with Gasteiger partial charge >= 0.3 is 0 Å². The zero-order valence-electron chi connectivity index (χ0n) is 12.6. The van der Waals surface area contributed by atoms with Gasteiger partial charge in [0.2, 0.25) is 0 Å². The van der Waals surface area contributed by atoms with E-state index in [9.17, 15) is 0 Å². The zero-order valence-corrected chi connectivity index (χ0v) is 12.6. The molecule has 112 valence electrons. The molecule has 0 spiro atoms. The summed E-state index contributed by atoms with van der Waals surface area (Å²) in [5.41, 5.74) is 4.80. The minimum Gasteiger partial charge on any atom is -0.497 e. The van der Waals surface area contributed by atoms with Gasteiger partial charge in [0.25, 0.3) is 0 Å². The van der Waals surface area contributed by atoms with Crippen LogP contribution in [-0.2, 0) is 6.42 Å². The van der Waals surface area contributed by atoms with E-state index in [0.717, 1.165) is 23.4 Å². The van der Waals surface area contributed by atoms with Crippen molar-refractivity contribution in [2.75, 3.05) is 19.5 Å². The molecule has 0 amide bonds. The van der Waals surface area contributed by atoms with Gasteiger partial charge in [-0.3, -0.25) is 0 Å². The van der Waals surface area contributed by atoms with Crippen molar-refractivity contribution >= 4 is 16.6 Å². The molecule has 0 unspecified atom stereocenters. The fraction of sp³-hybridized carbons (Fsp3) is 0.222. The third-order valence-corrected chi connectivity index (χ3v) is 4.29. The smallest absolute Gasteiger partial charge is 0.119 e. The molecule has 3 aromatic rings. The number of methoxy groups -OCH3 is 2. The molecule has 22 heavy (non-hydrogen) atoms. The van der Waals surface area contributed by atoms with Gasteiger partial charge in [0.05, 0.1) is 20.3 Å². The predicted octanol–water partition coefficient (Wildman–Crippen LogP) is 3.89. The minimum atomic E-state index is 0.264. The number of anilines is 1. The molecule has 2 N–H and O–H groups in total. The third kappa shape index (κ3) is 2.08. The Morgan fingerprint density at radius 3 is 2.55 bits per heavy atom. The van der Waals surface area contributed by atoms with Crippen molar-refractivity contribution < 1.29 is 9.47 Å². The van der Waals surface area contributed by atoms with Gasteiger partial charge in [-0.2, -0.15) is 0 Å². The molecule has 1 aromatic heterocycles. The van der Waals surface area contributed by atoms with Gasteiger partial charge in [0.1, 0.15) is 11.5 Å². The Balaban J connectivity index is 1.66. The van der Waals surface area contributed by atoms with Crippen LogP contribution in [0.15, 0.2) is 42.5 Å². The van der Waals surface area contributed by atoms with E-state index in [1.165, 1.54) is 22.3 Å². The van der Waals surface area contributed by atoms with Crippen LogP contribution in [0.4, 0.5) is 5.69 Å². The van der Waals surface area contributed by atoms with E-state index in [-0.39, 0.29) is 6.04 Å². The quantitative estimate of drug-likeness (QED) is 0.770. The Hall–Kier alpha value is -2.62. The van der Waals surface area contributed by atoms with E-state index in [1.807, 2.05) is 12.1 Å². The lowest BCUT2D eigenvalue weighted by molar-refractivity contribution is 0.414. The lowest BCUT2D eigenvalue weighted by Gasteiger charge is -2.08. The normalized spacial score (nSPS) is 16.4. The first-order valence-electron chi connectivity index (χ1n) is 7.37. The third-order valence-electron chi connectivity index (χ3n) is 4.29. The average molecular weight is 294 g/mol. The molecule has 1 aliphatic heterocycles. The number of fused-ring (bicyclic) bond motifs is 2. The number of ether oxygens (including phenoxy) is 2. The van der Waals surface area contributed by atoms with Crippen molar-refractivity contribution in [3.63, 3.8) is 0 Å². The van der Waals surface area contributed by atoms with Crippen LogP contribution in [-0.4, -0.2) is 19.2 Å². The molecule has 0 saturated heterocycles. The number of aromatic nitrogens is 1. The highest BCUT2D eigenvalue weighted by Crippen LogP contribution is 2.37. The second-order valence-electron chi connectivity index (χ2n) is 5.60. The van der Waals surface area contributed by atoms with Gasteiger partial charge in [0, 0.05) is 28.7 Å². The summed E-state index contributed by atoms with van der Waals surface area (Å²) < 4.78 is 10.6. The summed E-state index contributed by atoms with van der Waals surface area (Å²) in [4.78, 5) is 3.50. The number of benzene rings is 2. The number of H-pyrrole nitrogens is 1. The van der Waals surface area contributed by atoms with Crippen molar-refractivity contribution in [1.29, 1.82) is 0 Å². The largest absolute Gasteiger partial charge is 0.497 e. The van der Waals surface area contributed by atoms with Crippen molar-refractivity contribution in [3.05, 3.63) is 53.7 Å². The molecule has 0 bridgehead atoms. The summed E-state index contributed by atoms with van der Waals surface area (Å²) in [6.07, 6.45) is 0.955. The Kier molecular flexibility index (Phi) is 2.96. The molecule has 0 radical (unpaired) electrons. The Morgan fingerprint density at radius 2 is 1.73 bits per heavy atom. The van der Waals surface area contributed by atoms with E-state index in [2.05, 4.69) is 40.6 Å². The summed E-state index contributed by atoms with van der Waals surface area (Å²) in [5, 5.41) is 4.74. The van der Waals surface area contributed by atoms with Crippen molar-refractivity contribution in [1.82, 2.24) is 4.98 Å². The fourth-order valence-corrected chi connectivity index (χ4v) is 3.10. The highest BCUT2D eigenvalue weighted by Gasteiger charge is 2.23. The van der Waals surface area contributed by atoms with Crippen LogP contribution < -0.4 is 14.8 Å². The summed E-state index contributed by atoms with van der Waals surface area (Å²) >= 11 is 0. The van der Waals surface area contributed by atoms with Crippen LogP contribution >= 0.6 is 0 Å². The van der Waals surface area contributed by atoms with Crippen molar-refractivity contribution in [2.24, 2.45) is 0 Å². The van der Waals surface area contributed by atoms with Gasteiger partial charge in [0.15, 0.2) is 0 Å². The van der Waals surface area contributed by atoms with E-state index in [0.29, 0.717) is 0 Å². The molecule has 1 aliphatic rings. The number of hydrogen-bond acceptors (Lipinski definition) is 3. The molecule has 1 atom stereocenters. The first-order valence-corrected chi connectivity index (χ1v) is 7.37. The highest BCUT2D eigenvalue weighted by molar-refractivity contribution is 5.82. The first kappa shape index (κ1) is 13.1. The minimum absolute atomic E-state index is 0.264. The number of aromatic amines is 1. The maximum Gasteiger partial charge on any atom is 0.119 e. The van der Waals surface area contributed by atoms with Crippen LogP contribution in [0.3, 0.4) is 0 Å². The van der Waals surface area contributed by atoms with Crippen LogP contribution in [0.25, 0.3) is 10.9 Å². The summed E-state index contributed by atoms with van der Waals surface area (Å²) in [7, 11) is 3.39. The Bertz CT molecular complexity index is 838. The molecular weight excluding hydrogens is 276 g/mol.